The second-order valence-electron chi connectivity index (χ2n) is 3.90. The van der Waals surface area contributed by atoms with Gasteiger partial charge >= 0.3 is 0 Å². The third kappa shape index (κ3) is 2.43. The summed E-state index contributed by atoms with van der Waals surface area (Å²) in [5, 5.41) is 0. The fourth-order valence-corrected chi connectivity index (χ4v) is 1.99. The molecule has 1 saturated carbocycles. The Morgan fingerprint density at radius 2 is 2.40 bits per heavy atom. The van der Waals surface area contributed by atoms with E-state index in [1.165, 1.54) is 19.1 Å². The number of halogens is 1. The van der Waals surface area contributed by atoms with E-state index in [1.807, 2.05) is 11.8 Å². The van der Waals surface area contributed by atoms with Gasteiger partial charge in [-0.15, -0.1) is 0 Å². The largest absolute Gasteiger partial charge is 0.457 e. The fraction of sp³-hybridized carbons (Fsp3) is 0.545. The average molecular weight is 272 g/mol. The van der Waals surface area contributed by atoms with E-state index in [9.17, 15) is 4.79 Å². The van der Waals surface area contributed by atoms with Gasteiger partial charge in [0.1, 0.15) is 0 Å². The minimum absolute atomic E-state index is 0.0602. The molecule has 0 aromatic carbocycles. The lowest BCUT2D eigenvalue weighted by atomic mass is 10.2. The highest BCUT2D eigenvalue weighted by atomic mass is 79.9. The smallest absolute Gasteiger partial charge is 0.258 e. The topological polar surface area (TPSA) is 33.5 Å². The fourth-order valence-electron chi connectivity index (χ4n) is 1.58. The summed E-state index contributed by atoms with van der Waals surface area (Å²) in [6.07, 6.45) is 4.05. The van der Waals surface area contributed by atoms with E-state index in [0.717, 1.165) is 19.0 Å². The Labute approximate surface area is 97.6 Å². The molecule has 0 bridgehead atoms. The summed E-state index contributed by atoms with van der Waals surface area (Å²) in [5.74, 6) is 0.782. The van der Waals surface area contributed by atoms with E-state index in [4.69, 9.17) is 4.42 Å². The number of hydrogen-bond donors (Lipinski definition) is 0. The zero-order valence-electron chi connectivity index (χ0n) is 8.70. The van der Waals surface area contributed by atoms with Gasteiger partial charge < -0.3 is 9.32 Å². The minimum Gasteiger partial charge on any atom is -0.457 e. The van der Waals surface area contributed by atoms with Gasteiger partial charge in [0, 0.05) is 13.1 Å². The molecule has 2 rings (SSSR count). The number of amides is 1. The van der Waals surface area contributed by atoms with Crippen molar-refractivity contribution >= 4 is 21.8 Å². The van der Waals surface area contributed by atoms with Crippen LogP contribution in [0, 0.1) is 5.92 Å². The first-order valence-corrected chi connectivity index (χ1v) is 6.04. The van der Waals surface area contributed by atoms with Crippen molar-refractivity contribution in [3.63, 3.8) is 0 Å². The van der Waals surface area contributed by atoms with Gasteiger partial charge in [-0.05, 0) is 47.7 Å². The lowest BCUT2D eigenvalue weighted by molar-refractivity contribution is 0.0755. The zero-order valence-corrected chi connectivity index (χ0v) is 10.3. The zero-order chi connectivity index (χ0) is 10.8. The number of carbonyl (C=O) groups excluding carboxylic acids is 1. The van der Waals surface area contributed by atoms with E-state index in [0.29, 0.717) is 10.2 Å². The summed E-state index contributed by atoms with van der Waals surface area (Å²) in [6.45, 7) is 3.65. The van der Waals surface area contributed by atoms with Gasteiger partial charge in [-0.3, -0.25) is 4.79 Å². The van der Waals surface area contributed by atoms with Crippen LogP contribution in [0.4, 0.5) is 0 Å². The third-order valence-electron chi connectivity index (χ3n) is 2.69. The molecule has 1 amide bonds. The van der Waals surface area contributed by atoms with Crippen LogP contribution in [-0.2, 0) is 0 Å². The summed E-state index contributed by atoms with van der Waals surface area (Å²) in [4.78, 5) is 13.9. The molecule has 0 aliphatic heterocycles. The van der Waals surface area contributed by atoms with Crippen molar-refractivity contribution in [2.75, 3.05) is 13.1 Å². The lowest BCUT2D eigenvalue weighted by Gasteiger charge is -2.19. The Balaban J connectivity index is 2.07. The normalized spacial score (nSPS) is 15.3. The highest BCUT2D eigenvalue weighted by Crippen LogP contribution is 2.30. The molecule has 0 unspecified atom stereocenters. The molecular formula is C11H14BrNO2. The quantitative estimate of drug-likeness (QED) is 0.844. The van der Waals surface area contributed by atoms with Crippen LogP contribution in [0.25, 0.3) is 0 Å². The molecular weight excluding hydrogens is 258 g/mol. The van der Waals surface area contributed by atoms with Crippen LogP contribution in [-0.4, -0.2) is 23.9 Å². The maximum atomic E-state index is 12.1. The van der Waals surface area contributed by atoms with Gasteiger partial charge in [-0.1, -0.05) is 0 Å². The van der Waals surface area contributed by atoms with Crippen molar-refractivity contribution in [3.8, 4) is 0 Å². The number of furan rings is 1. The first-order chi connectivity index (χ1) is 7.22. The summed E-state index contributed by atoms with van der Waals surface area (Å²) < 4.78 is 5.60. The predicted molar refractivity (Wildman–Crippen MR) is 60.7 cm³/mol. The Morgan fingerprint density at radius 1 is 1.67 bits per heavy atom. The summed E-state index contributed by atoms with van der Waals surface area (Å²) in [6, 6.07) is 1.71. The van der Waals surface area contributed by atoms with Crippen LogP contribution in [0.3, 0.4) is 0 Å². The van der Waals surface area contributed by atoms with Crippen molar-refractivity contribution in [3.05, 3.63) is 22.6 Å². The first kappa shape index (κ1) is 10.7. The van der Waals surface area contributed by atoms with E-state index in [1.54, 1.807) is 6.07 Å². The maximum Gasteiger partial charge on any atom is 0.258 e. The van der Waals surface area contributed by atoms with Gasteiger partial charge in [0.15, 0.2) is 4.67 Å². The summed E-state index contributed by atoms with van der Waals surface area (Å²) in [5.41, 5.74) is 0.623. The molecule has 1 aliphatic rings. The van der Waals surface area contributed by atoms with Crippen LogP contribution in [0.2, 0.25) is 0 Å². The first-order valence-electron chi connectivity index (χ1n) is 5.24. The molecule has 4 heteroatoms. The minimum atomic E-state index is 0.0602. The van der Waals surface area contributed by atoms with Crippen LogP contribution in [0.1, 0.15) is 30.1 Å². The molecule has 1 aromatic rings. The van der Waals surface area contributed by atoms with Crippen LogP contribution >= 0.6 is 15.9 Å². The van der Waals surface area contributed by atoms with Crippen LogP contribution in [0.5, 0.6) is 0 Å². The summed E-state index contributed by atoms with van der Waals surface area (Å²) >= 11 is 3.23. The van der Waals surface area contributed by atoms with Crippen molar-refractivity contribution in [1.82, 2.24) is 4.90 Å². The van der Waals surface area contributed by atoms with E-state index in [2.05, 4.69) is 15.9 Å². The molecule has 0 radical (unpaired) electrons. The number of carbonyl (C=O) groups is 1. The van der Waals surface area contributed by atoms with Crippen molar-refractivity contribution in [1.29, 1.82) is 0 Å². The Bertz CT molecular complexity index is 357. The molecule has 15 heavy (non-hydrogen) atoms. The monoisotopic (exact) mass is 271 g/mol. The van der Waals surface area contributed by atoms with E-state index < -0.39 is 0 Å². The van der Waals surface area contributed by atoms with Crippen molar-refractivity contribution < 1.29 is 9.21 Å². The van der Waals surface area contributed by atoms with Crippen molar-refractivity contribution in [2.45, 2.75) is 19.8 Å². The second-order valence-corrected chi connectivity index (χ2v) is 4.62. The Kier molecular flexibility index (Phi) is 3.14. The van der Waals surface area contributed by atoms with E-state index >= 15 is 0 Å². The lowest BCUT2D eigenvalue weighted by Crippen LogP contribution is -2.32. The SMILES string of the molecule is CCN(CC1CC1)C(=O)c1ccoc1Br. The second kappa shape index (κ2) is 4.39. The molecule has 0 atom stereocenters. The average Bonchev–Trinajstić information content (AvgIpc) is 2.95. The molecule has 1 aromatic heterocycles. The highest BCUT2D eigenvalue weighted by Gasteiger charge is 2.27. The molecule has 1 heterocycles. The highest BCUT2D eigenvalue weighted by molar-refractivity contribution is 9.10. The molecule has 0 spiro atoms. The maximum absolute atomic E-state index is 12.1. The van der Waals surface area contributed by atoms with Gasteiger partial charge in [0.25, 0.3) is 5.91 Å². The molecule has 0 N–H and O–H groups in total. The van der Waals surface area contributed by atoms with Crippen LogP contribution < -0.4 is 0 Å². The molecule has 1 aliphatic carbocycles. The van der Waals surface area contributed by atoms with Crippen molar-refractivity contribution in [2.24, 2.45) is 5.92 Å². The number of rotatable bonds is 4. The van der Waals surface area contributed by atoms with Gasteiger partial charge in [-0.25, -0.2) is 0 Å². The van der Waals surface area contributed by atoms with Gasteiger partial charge in [0.2, 0.25) is 0 Å². The molecule has 3 nitrogen and oxygen atoms in total. The van der Waals surface area contributed by atoms with E-state index in [-0.39, 0.29) is 5.91 Å². The van der Waals surface area contributed by atoms with Crippen LogP contribution in [0.15, 0.2) is 21.4 Å². The standard InChI is InChI=1S/C11H14BrNO2/c1-2-13(7-8-3-4-8)11(14)9-5-6-15-10(9)12/h5-6,8H,2-4,7H2,1H3. The Hall–Kier alpha value is -0.770. The molecule has 1 fully saturated rings. The summed E-state index contributed by atoms with van der Waals surface area (Å²) in [7, 11) is 0. The Morgan fingerprint density at radius 3 is 2.87 bits per heavy atom. The van der Waals surface area contributed by atoms with Gasteiger partial charge in [-0.2, -0.15) is 0 Å². The molecule has 82 valence electrons. The molecule has 0 saturated heterocycles. The van der Waals surface area contributed by atoms with Gasteiger partial charge in [0.05, 0.1) is 11.8 Å². The number of nitrogens with zero attached hydrogens (tertiary/aromatic N) is 1. The predicted octanol–water partition coefficient (Wildman–Crippen LogP) is 2.91. The number of hydrogen-bond acceptors (Lipinski definition) is 2. The third-order valence-corrected chi connectivity index (χ3v) is 3.31.